The van der Waals surface area contributed by atoms with Gasteiger partial charge in [-0.2, -0.15) is 4.31 Å². The Labute approximate surface area is 314 Å². The van der Waals surface area contributed by atoms with Gasteiger partial charge in [0.05, 0.1) is 26.0 Å². The molecule has 3 rings (SSSR count). The van der Waals surface area contributed by atoms with Crippen molar-refractivity contribution in [1.29, 1.82) is 0 Å². The van der Waals surface area contributed by atoms with E-state index in [4.69, 9.17) is 24.6 Å². The largest absolute Gasteiger partial charge is 0.481 e. The molecule has 0 radical (unpaired) electrons. The number of carbonyl (C=O) groups excluding carboxylic acids is 4. The van der Waals surface area contributed by atoms with Crippen LogP contribution in [-0.4, -0.2) is 140 Å². The van der Waals surface area contributed by atoms with Crippen molar-refractivity contribution in [3.05, 3.63) is 12.7 Å². The van der Waals surface area contributed by atoms with E-state index in [0.717, 1.165) is 29.0 Å². The number of anilines is 1. The topological polar surface area (TPSA) is 401 Å². The van der Waals surface area contributed by atoms with Gasteiger partial charge in [0.2, 0.25) is 11.8 Å². The van der Waals surface area contributed by atoms with Crippen LogP contribution in [0.25, 0.3) is 11.2 Å². The molecule has 0 aliphatic carbocycles. The maximum Gasteiger partial charge on any atom is 0.481 e. The van der Waals surface area contributed by atoms with Gasteiger partial charge in [0, 0.05) is 30.7 Å². The lowest BCUT2D eigenvalue weighted by molar-refractivity contribution is -0.137. The van der Waals surface area contributed by atoms with Crippen LogP contribution in [0.4, 0.5) is 5.82 Å². The maximum atomic E-state index is 12.6. The lowest BCUT2D eigenvalue weighted by Crippen LogP contribution is -2.46. The zero-order chi connectivity index (χ0) is 41.4. The molecule has 2 amide bonds. The number of imidazole rings is 1. The quantitative estimate of drug-likeness (QED) is 0.0335. The minimum atomic E-state index is -5.59. The molecular weight excluding hydrogens is 827 g/mol. The lowest BCUT2D eigenvalue weighted by Gasteiger charge is -2.30. The predicted octanol–water partition coefficient (Wildman–Crippen LogP) is -2.38. The average molecular weight is 868 g/mol. The van der Waals surface area contributed by atoms with E-state index in [9.17, 15) is 62.7 Å². The van der Waals surface area contributed by atoms with Gasteiger partial charge in [0.15, 0.2) is 28.6 Å². The third-order valence-electron chi connectivity index (χ3n) is 7.28. The molecule has 11 N–H and O–H groups in total. The highest BCUT2D eigenvalue weighted by atomic mass is 32.2. The fourth-order valence-corrected chi connectivity index (χ4v) is 8.09. The summed E-state index contributed by atoms with van der Waals surface area (Å²) in [6.45, 7) is -0.588. The summed E-state index contributed by atoms with van der Waals surface area (Å²) >= 11 is 0.782. The molecule has 55 heavy (non-hydrogen) atoms. The zero-order valence-corrected chi connectivity index (χ0v) is 32.3. The fourth-order valence-electron chi connectivity index (χ4n) is 4.56. The first kappa shape index (κ1) is 46.6. The van der Waals surface area contributed by atoms with Crippen molar-refractivity contribution >= 4 is 74.9 Å². The number of aliphatic hydroxyl groups excluding tert-OH is 3. The van der Waals surface area contributed by atoms with Crippen molar-refractivity contribution in [3.8, 4) is 0 Å². The highest BCUT2D eigenvalue weighted by Crippen LogP contribution is 2.61. The number of amides is 2. The molecule has 30 heteroatoms. The van der Waals surface area contributed by atoms with Crippen LogP contribution in [0.2, 0.25) is 0 Å². The van der Waals surface area contributed by atoms with E-state index in [2.05, 4.69) is 34.4 Å². The van der Waals surface area contributed by atoms with Crippen LogP contribution in [0.3, 0.4) is 0 Å². The van der Waals surface area contributed by atoms with Crippen LogP contribution < -0.4 is 16.4 Å². The molecule has 26 nitrogen and oxygen atoms in total. The molecule has 0 spiro atoms. The number of rotatable bonds is 22. The minimum absolute atomic E-state index is 0.0192. The van der Waals surface area contributed by atoms with Crippen LogP contribution in [0.5, 0.6) is 0 Å². The standard InChI is InChI=1S/C25H40N7O19P3S/c1-25(2,20(38)23(39)28-4-3-15(35)27-5-6-55-16(36)7-13(34)8-33)10-48-54(45,46)51-53(43,44)47-9-14-19(50-52(40,41)42)18(37)24(49-14)32-12-31-17-21(26)29-11-30-22(17)32/h11-12,14,18-20,24,33,37-38H,3-10H2,1-2H3,(H,27,35)(H,28,39)(H,43,44)(H,45,46)(H2,26,29,30)(H2,40,41,42)/t14-,18-,19-,20+,24-/m1/s1. The normalized spacial score (nSPS) is 21.8. The summed E-state index contributed by atoms with van der Waals surface area (Å²) in [6, 6.07) is 0. The lowest BCUT2D eigenvalue weighted by atomic mass is 9.87. The Bertz CT molecular complexity index is 1850. The van der Waals surface area contributed by atoms with Gasteiger partial charge in [-0.3, -0.25) is 37.3 Å². The molecule has 1 aliphatic heterocycles. The number of thioether (sulfide) groups is 1. The van der Waals surface area contributed by atoms with E-state index in [0.29, 0.717) is 0 Å². The third-order valence-corrected chi connectivity index (χ3v) is 11.3. The van der Waals surface area contributed by atoms with E-state index < -0.39 is 108 Å². The summed E-state index contributed by atoms with van der Waals surface area (Å²) in [6.07, 6.45) is -7.55. The first-order chi connectivity index (χ1) is 25.4. The number of aromatic nitrogens is 4. The smallest absolute Gasteiger partial charge is 0.389 e. The summed E-state index contributed by atoms with van der Waals surface area (Å²) in [5.74, 6) is -2.10. The number of phosphoric acid groups is 3. The molecule has 1 fully saturated rings. The number of nitrogens with zero attached hydrogens (tertiary/aromatic N) is 4. The van der Waals surface area contributed by atoms with E-state index >= 15 is 0 Å². The van der Waals surface area contributed by atoms with Gasteiger partial charge in [0.1, 0.15) is 42.9 Å². The Balaban J connectivity index is 1.49. The highest BCUT2D eigenvalue weighted by Gasteiger charge is 2.50. The molecule has 0 saturated carbocycles. The Morgan fingerprint density at radius 3 is 2.38 bits per heavy atom. The van der Waals surface area contributed by atoms with Crippen LogP contribution in [0.15, 0.2) is 12.7 Å². The number of phosphoric ester groups is 3. The van der Waals surface area contributed by atoms with E-state index in [1.54, 1.807) is 0 Å². The summed E-state index contributed by atoms with van der Waals surface area (Å²) in [5.41, 5.74) is 4.19. The number of Topliss-reactive ketones (excluding diaryl/α,β-unsaturated/α-hetero) is 1. The van der Waals surface area contributed by atoms with Gasteiger partial charge in [-0.1, -0.05) is 25.6 Å². The van der Waals surface area contributed by atoms with E-state index in [1.165, 1.54) is 13.8 Å². The van der Waals surface area contributed by atoms with Crippen LogP contribution >= 0.6 is 35.2 Å². The fraction of sp³-hybridized carbons (Fsp3) is 0.640. The molecular formula is C25H40N7O19P3S. The summed E-state index contributed by atoms with van der Waals surface area (Å²) in [7, 11) is -16.4. The number of nitrogens with one attached hydrogen (secondary N) is 2. The molecule has 1 aliphatic rings. The highest BCUT2D eigenvalue weighted by molar-refractivity contribution is 8.13. The number of hydrogen-bond acceptors (Lipinski definition) is 20. The summed E-state index contributed by atoms with van der Waals surface area (Å²) in [5, 5.41) is 34.3. The van der Waals surface area contributed by atoms with Gasteiger partial charge in [-0.25, -0.2) is 28.6 Å². The molecule has 2 unspecified atom stereocenters. The van der Waals surface area contributed by atoms with Gasteiger partial charge < -0.3 is 56.0 Å². The third kappa shape index (κ3) is 14.3. The predicted molar refractivity (Wildman–Crippen MR) is 184 cm³/mol. The van der Waals surface area contributed by atoms with Crippen molar-refractivity contribution in [1.82, 2.24) is 30.2 Å². The molecule has 3 heterocycles. The first-order valence-corrected chi connectivity index (χ1v) is 21.1. The van der Waals surface area contributed by atoms with E-state index in [1.807, 2.05) is 0 Å². The molecule has 310 valence electrons. The number of fused-ring (bicyclic) bond motifs is 1. The summed E-state index contributed by atoms with van der Waals surface area (Å²) in [4.78, 5) is 97.9. The van der Waals surface area contributed by atoms with Crippen molar-refractivity contribution in [2.75, 3.05) is 44.4 Å². The zero-order valence-electron chi connectivity index (χ0n) is 28.8. The number of aliphatic hydroxyl groups is 3. The molecule has 0 bridgehead atoms. The van der Waals surface area contributed by atoms with Gasteiger partial charge in [-0.05, 0) is 0 Å². The first-order valence-electron chi connectivity index (χ1n) is 15.6. The Kier molecular flexibility index (Phi) is 16.6. The number of carbonyl (C=O) groups is 4. The van der Waals surface area contributed by atoms with Crippen LogP contribution in [0.1, 0.15) is 32.9 Å². The van der Waals surface area contributed by atoms with Gasteiger partial charge in [0.25, 0.3) is 0 Å². The second-order valence-corrected chi connectivity index (χ2v) is 17.6. The summed E-state index contributed by atoms with van der Waals surface area (Å²) < 4.78 is 61.9. The van der Waals surface area contributed by atoms with Crippen molar-refractivity contribution in [2.45, 2.75) is 57.3 Å². The number of hydrogen-bond donors (Lipinski definition) is 10. The second-order valence-electron chi connectivity index (χ2n) is 12.2. The molecule has 2 aromatic rings. The van der Waals surface area contributed by atoms with Gasteiger partial charge >= 0.3 is 23.5 Å². The van der Waals surface area contributed by atoms with Crippen molar-refractivity contribution in [3.63, 3.8) is 0 Å². The number of ketones is 1. The van der Waals surface area contributed by atoms with E-state index in [-0.39, 0.29) is 42.2 Å². The molecule has 1 saturated heterocycles. The Morgan fingerprint density at radius 1 is 1.05 bits per heavy atom. The number of nitrogens with two attached hydrogens (primary N) is 1. The van der Waals surface area contributed by atoms with Gasteiger partial charge in [-0.15, -0.1) is 0 Å². The maximum absolute atomic E-state index is 12.6. The SMILES string of the molecule is CC(C)(COP(=O)(O)OP(=O)(O)OC[C@H]1O[C@@H](n2cnc3c(N)ncnc32)[C@H](O)[C@@H]1OP(=O)(O)O)[C@@H](O)C(=O)NCCC(=O)NCCSC(=O)CC(=O)CO. The second kappa shape index (κ2) is 19.6. The molecule has 0 aromatic carbocycles. The number of ether oxygens (including phenoxy) is 1. The molecule has 7 atom stereocenters. The van der Waals surface area contributed by atoms with Crippen molar-refractivity contribution in [2.24, 2.45) is 5.41 Å². The monoisotopic (exact) mass is 867 g/mol. The van der Waals surface area contributed by atoms with Crippen molar-refractivity contribution < 1.29 is 90.4 Å². The number of nitrogen functional groups attached to an aromatic ring is 1. The average Bonchev–Trinajstić information content (AvgIpc) is 3.64. The Morgan fingerprint density at radius 2 is 1.73 bits per heavy atom. The molecule has 2 aromatic heterocycles. The minimum Gasteiger partial charge on any atom is -0.389 e. The van der Waals surface area contributed by atoms with Crippen LogP contribution in [0, 0.1) is 5.41 Å². The Hall–Kier alpha value is -2.81. The van der Waals surface area contributed by atoms with Crippen LogP contribution in [-0.2, 0) is 55.5 Å².